The van der Waals surface area contributed by atoms with Crippen LogP contribution in [0.2, 0.25) is 0 Å². The summed E-state index contributed by atoms with van der Waals surface area (Å²) < 4.78 is 0. The summed E-state index contributed by atoms with van der Waals surface area (Å²) in [5.74, 6) is 0.910. The number of rotatable bonds is 5. The molecule has 0 bridgehead atoms. The summed E-state index contributed by atoms with van der Waals surface area (Å²) in [6, 6.07) is 2.52. The molecule has 126 valence electrons. The van der Waals surface area contributed by atoms with E-state index in [9.17, 15) is 4.79 Å². The van der Waals surface area contributed by atoms with Gasteiger partial charge in [-0.15, -0.1) is 23.7 Å². The predicted molar refractivity (Wildman–Crippen MR) is 96.9 cm³/mol. The molecule has 22 heavy (non-hydrogen) atoms. The summed E-state index contributed by atoms with van der Waals surface area (Å²) in [7, 11) is 0. The molecule has 1 fully saturated rings. The topological polar surface area (TPSA) is 46.3 Å². The molecular formula is C17H29ClN2OS. The average molecular weight is 345 g/mol. The van der Waals surface area contributed by atoms with Gasteiger partial charge in [0.2, 0.25) is 5.91 Å². The van der Waals surface area contributed by atoms with Crippen LogP contribution >= 0.6 is 23.7 Å². The number of piperidine rings is 1. The van der Waals surface area contributed by atoms with Gasteiger partial charge in [0.05, 0.1) is 0 Å². The molecule has 0 aliphatic carbocycles. The van der Waals surface area contributed by atoms with Crippen molar-refractivity contribution in [2.75, 3.05) is 13.1 Å². The SMILES string of the molecule is Cc1cc(CCCC(=O)N2CCC(C(C)N)CC2)c(C)s1.Cl. The number of carbonyl (C=O) groups is 1. The number of amides is 1. The lowest BCUT2D eigenvalue weighted by atomic mass is 9.91. The van der Waals surface area contributed by atoms with Gasteiger partial charge in [0.1, 0.15) is 0 Å². The number of hydrogen-bond acceptors (Lipinski definition) is 3. The standard InChI is InChI=1S/C17H28N2OS.ClH/c1-12-11-16(14(3)21-12)5-4-6-17(20)19-9-7-15(8-10-19)13(2)18;/h11,13,15H,4-10,18H2,1-3H3;1H. The van der Waals surface area contributed by atoms with Gasteiger partial charge in [-0.3, -0.25) is 4.79 Å². The van der Waals surface area contributed by atoms with E-state index in [4.69, 9.17) is 5.73 Å². The number of carbonyl (C=O) groups excluding carboxylic acids is 1. The van der Waals surface area contributed by atoms with Crippen LogP contribution in [-0.4, -0.2) is 29.9 Å². The number of thiophene rings is 1. The highest BCUT2D eigenvalue weighted by atomic mass is 35.5. The Labute approximate surface area is 144 Å². The maximum atomic E-state index is 12.3. The van der Waals surface area contributed by atoms with E-state index in [1.54, 1.807) is 0 Å². The molecule has 5 heteroatoms. The molecule has 0 spiro atoms. The third-order valence-electron chi connectivity index (χ3n) is 4.62. The highest BCUT2D eigenvalue weighted by Gasteiger charge is 2.24. The smallest absolute Gasteiger partial charge is 0.222 e. The number of nitrogens with two attached hydrogens (primary N) is 1. The largest absolute Gasteiger partial charge is 0.343 e. The van der Waals surface area contributed by atoms with Crippen molar-refractivity contribution in [3.8, 4) is 0 Å². The molecule has 3 nitrogen and oxygen atoms in total. The summed E-state index contributed by atoms with van der Waals surface area (Å²) >= 11 is 1.85. The van der Waals surface area contributed by atoms with Gasteiger partial charge in [-0.05, 0) is 64.0 Å². The van der Waals surface area contributed by atoms with E-state index in [0.29, 0.717) is 18.2 Å². The summed E-state index contributed by atoms with van der Waals surface area (Å²) in [6.45, 7) is 8.18. The first-order valence-electron chi connectivity index (χ1n) is 8.06. The number of likely N-dealkylation sites (tertiary alicyclic amines) is 1. The van der Waals surface area contributed by atoms with Crippen molar-refractivity contribution < 1.29 is 4.79 Å². The van der Waals surface area contributed by atoms with Crippen LogP contribution in [0, 0.1) is 19.8 Å². The number of halogens is 1. The molecule has 1 unspecified atom stereocenters. The Hall–Kier alpha value is -0.580. The molecule has 0 aromatic carbocycles. The van der Waals surface area contributed by atoms with E-state index in [2.05, 4.69) is 26.8 Å². The Bertz CT molecular complexity index is 479. The van der Waals surface area contributed by atoms with Gasteiger partial charge in [-0.25, -0.2) is 0 Å². The highest BCUT2D eigenvalue weighted by Crippen LogP contribution is 2.23. The number of hydrogen-bond donors (Lipinski definition) is 1. The van der Waals surface area contributed by atoms with E-state index in [1.807, 2.05) is 16.2 Å². The second-order valence-corrected chi connectivity index (χ2v) is 7.83. The molecule has 2 rings (SSSR count). The summed E-state index contributed by atoms with van der Waals surface area (Å²) in [6.07, 6.45) is 4.79. The van der Waals surface area contributed by atoms with Crippen LogP contribution in [0.5, 0.6) is 0 Å². The van der Waals surface area contributed by atoms with Crippen molar-refractivity contribution in [1.29, 1.82) is 0 Å². The Morgan fingerprint density at radius 2 is 2.05 bits per heavy atom. The lowest BCUT2D eigenvalue weighted by molar-refractivity contribution is -0.132. The van der Waals surface area contributed by atoms with Crippen LogP contribution < -0.4 is 5.73 Å². The van der Waals surface area contributed by atoms with Crippen molar-refractivity contribution in [1.82, 2.24) is 4.90 Å². The quantitative estimate of drug-likeness (QED) is 0.885. The minimum atomic E-state index is 0. The molecular weight excluding hydrogens is 316 g/mol. The molecule has 1 atom stereocenters. The molecule has 1 aliphatic rings. The van der Waals surface area contributed by atoms with Crippen LogP contribution in [0.3, 0.4) is 0 Å². The van der Waals surface area contributed by atoms with Crippen LogP contribution in [0.1, 0.15) is 47.9 Å². The van der Waals surface area contributed by atoms with Crippen LogP contribution in [0.15, 0.2) is 6.07 Å². The van der Waals surface area contributed by atoms with E-state index >= 15 is 0 Å². The fourth-order valence-corrected chi connectivity index (χ4v) is 4.17. The van der Waals surface area contributed by atoms with Gasteiger partial charge in [0.15, 0.2) is 0 Å². The second-order valence-electron chi connectivity index (χ2n) is 6.37. The molecule has 1 aromatic rings. The zero-order valence-electron chi connectivity index (χ0n) is 13.9. The highest BCUT2D eigenvalue weighted by molar-refractivity contribution is 7.12. The van der Waals surface area contributed by atoms with Gasteiger partial charge in [-0.2, -0.15) is 0 Å². The van der Waals surface area contributed by atoms with Crippen molar-refractivity contribution in [3.05, 3.63) is 21.4 Å². The Morgan fingerprint density at radius 1 is 1.41 bits per heavy atom. The molecule has 1 aliphatic heterocycles. The lowest BCUT2D eigenvalue weighted by Gasteiger charge is -2.33. The van der Waals surface area contributed by atoms with Crippen molar-refractivity contribution >= 4 is 29.7 Å². The van der Waals surface area contributed by atoms with E-state index < -0.39 is 0 Å². The average Bonchev–Trinajstić information content (AvgIpc) is 2.77. The zero-order valence-corrected chi connectivity index (χ0v) is 15.6. The van der Waals surface area contributed by atoms with Crippen molar-refractivity contribution in [3.63, 3.8) is 0 Å². The lowest BCUT2D eigenvalue weighted by Crippen LogP contribution is -2.42. The van der Waals surface area contributed by atoms with Gasteiger partial charge in [0.25, 0.3) is 0 Å². The Morgan fingerprint density at radius 3 is 2.55 bits per heavy atom. The van der Waals surface area contributed by atoms with E-state index in [1.165, 1.54) is 15.3 Å². The molecule has 2 N–H and O–H groups in total. The third-order valence-corrected chi connectivity index (χ3v) is 5.62. The minimum absolute atomic E-state index is 0. The third kappa shape index (κ3) is 5.25. The molecule has 0 radical (unpaired) electrons. The fraction of sp³-hybridized carbons (Fsp3) is 0.706. The Balaban J connectivity index is 0.00000242. The van der Waals surface area contributed by atoms with Gasteiger partial charge >= 0.3 is 0 Å². The minimum Gasteiger partial charge on any atom is -0.343 e. The van der Waals surface area contributed by atoms with Crippen molar-refractivity contribution in [2.24, 2.45) is 11.7 Å². The van der Waals surface area contributed by atoms with Crippen LogP contribution in [-0.2, 0) is 11.2 Å². The van der Waals surface area contributed by atoms with Crippen LogP contribution in [0.25, 0.3) is 0 Å². The second kappa shape index (κ2) is 8.90. The predicted octanol–water partition coefficient (Wildman–Crippen LogP) is 3.70. The van der Waals surface area contributed by atoms with E-state index in [-0.39, 0.29) is 18.4 Å². The normalized spacial score (nSPS) is 17.2. The number of aryl methyl sites for hydroxylation is 3. The zero-order chi connectivity index (χ0) is 15.4. The van der Waals surface area contributed by atoms with Gasteiger partial charge in [-0.1, -0.05) is 0 Å². The Kier molecular flexibility index (Phi) is 7.87. The first-order chi connectivity index (χ1) is 9.97. The molecule has 2 heterocycles. The van der Waals surface area contributed by atoms with Gasteiger partial charge < -0.3 is 10.6 Å². The maximum Gasteiger partial charge on any atom is 0.222 e. The van der Waals surface area contributed by atoms with Crippen molar-refractivity contribution in [2.45, 2.75) is 58.9 Å². The molecule has 1 aromatic heterocycles. The molecule has 1 amide bonds. The molecule has 1 saturated heterocycles. The van der Waals surface area contributed by atoms with Crippen LogP contribution in [0.4, 0.5) is 0 Å². The monoisotopic (exact) mass is 344 g/mol. The van der Waals surface area contributed by atoms with Gasteiger partial charge in [0, 0.05) is 35.3 Å². The number of nitrogens with zero attached hydrogens (tertiary/aromatic N) is 1. The van der Waals surface area contributed by atoms with E-state index in [0.717, 1.165) is 38.8 Å². The summed E-state index contributed by atoms with van der Waals surface area (Å²) in [5.41, 5.74) is 7.36. The first-order valence-corrected chi connectivity index (χ1v) is 8.88. The maximum absolute atomic E-state index is 12.3. The fourth-order valence-electron chi connectivity index (χ4n) is 3.19. The molecule has 0 saturated carbocycles. The summed E-state index contributed by atoms with van der Waals surface area (Å²) in [5, 5.41) is 0. The first kappa shape index (κ1) is 19.5. The summed E-state index contributed by atoms with van der Waals surface area (Å²) in [4.78, 5) is 17.1.